The first kappa shape index (κ1) is 18.7. The molecule has 0 rings (SSSR count). The van der Waals surface area contributed by atoms with Crippen LogP contribution in [0.2, 0.25) is 0 Å². The fraction of sp³-hybridized carbons (Fsp3) is 0.545. The molecule has 0 aliphatic rings. The molecule has 0 aromatic carbocycles. The van der Waals surface area contributed by atoms with Gasteiger partial charge in [-0.15, -0.1) is 0 Å². The molecule has 0 aromatic heterocycles. The molecule has 0 unspecified atom stereocenters. The number of carboxylic acid groups (broad SMARTS) is 1. The van der Waals surface area contributed by atoms with E-state index in [-0.39, 0.29) is 0 Å². The molecule has 0 bridgehead atoms. The monoisotopic (exact) mass is 451 g/mol. The van der Waals surface area contributed by atoms with Gasteiger partial charge in [0.25, 0.3) is 0 Å². The van der Waals surface area contributed by atoms with Crippen LogP contribution in [0.5, 0.6) is 0 Å². The van der Waals surface area contributed by atoms with Gasteiger partial charge >= 0.3 is 142 Å². The first-order chi connectivity index (χ1) is 10.6. The summed E-state index contributed by atoms with van der Waals surface area (Å²) in [5.74, 6) is -4.70. The van der Waals surface area contributed by atoms with Crippen molar-refractivity contribution in [1.29, 1.82) is 0.594 Å². The van der Waals surface area contributed by atoms with Crippen LogP contribution in [0.1, 0.15) is 20.8 Å². The van der Waals surface area contributed by atoms with E-state index in [1.165, 1.54) is 0 Å². The van der Waals surface area contributed by atoms with Crippen molar-refractivity contribution >= 4 is 37.9 Å². The number of halogens is 1. The molecule has 0 amide bonds. The van der Waals surface area contributed by atoms with Crippen LogP contribution in [0.4, 0.5) is 0 Å². The molecule has 9 nitrogen and oxygen atoms in total. The summed E-state index contributed by atoms with van der Waals surface area (Å²) in [6.07, 6.45) is -5.33. The maximum absolute atomic E-state index is 12.0. The van der Waals surface area contributed by atoms with E-state index in [0.717, 1.165) is 20.8 Å². The molecule has 0 aliphatic carbocycles. The quantitative estimate of drug-likeness (QED) is 0.224. The van der Waals surface area contributed by atoms with Gasteiger partial charge in [-0.2, -0.15) is 0 Å². The standard InChI is InChI=1S/C11H14IO9S/c1-4(9(15)16)19-10(17)7(20-5(2)13)8(11(18)22-12)21-6(3)14/h4,7-8,12H,1-3H3,(H,15,16)/q-1/t4-,7+,8+/m0/s1/i12T. The summed E-state index contributed by atoms with van der Waals surface area (Å²) in [6.45, 7) is 2.97. The molecule has 126 valence electrons. The minimum atomic E-state index is -1.95. The van der Waals surface area contributed by atoms with Gasteiger partial charge in [-0.05, 0) is 0 Å². The number of aliphatic carboxylic acids is 1. The van der Waals surface area contributed by atoms with E-state index >= 15 is 0 Å². The molecule has 0 fully saturated rings. The molecule has 0 saturated carbocycles. The molecule has 0 saturated heterocycles. The average Bonchev–Trinajstić information content (AvgIpc) is 2.41. The SMILES string of the molecule is [3H][I-]SC(=O)[C@H](OC(C)=O)[C@@H](OC(C)=O)C(=O)O[C@@H](C)C(=O)O. The Morgan fingerprint density at radius 3 is 1.95 bits per heavy atom. The molecule has 0 radical (unpaired) electrons. The van der Waals surface area contributed by atoms with Crippen LogP contribution in [0.15, 0.2) is 0 Å². The fourth-order valence-corrected chi connectivity index (χ4v) is 2.17. The second-order valence-electron chi connectivity index (χ2n) is 3.87. The van der Waals surface area contributed by atoms with Crippen LogP contribution in [-0.2, 0) is 38.2 Å². The zero-order chi connectivity index (χ0) is 18.2. The third-order valence-electron chi connectivity index (χ3n) is 2.04. The number of hydrogen-bond acceptors (Lipinski definition) is 9. The summed E-state index contributed by atoms with van der Waals surface area (Å²) < 4.78 is 21.0. The van der Waals surface area contributed by atoms with Crippen molar-refractivity contribution in [2.45, 2.75) is 39.1 Å². The van der Waals surface area contributed by atoms with Gasteiger partial charge in [-0.1, -0.05) is 0 Å². The summed E-state index contributed by atoms with van der Waals surface area (Å²) >= 11 is -1.35. The molecular weight excluding hydrogens is 435 g/mol. The van der Waals surface area contributed by atoms with Crippen LogP contribution in [0, 0.1) is 0 Å². The van der Waals surface area contributed by atoms with Crippen molar-refractivity contribution in [3.05, 3.63) is 0 Å². The van der Waals surface area contributed by atoms with E-state index in [4.69, 9.17) is 10.4 Å². The Hall–Kier alpha value is -1.37. The Morgan fingerprint density at radius 2 is 1.55 bits per heavy atom. The molecule has 0 spiro atoms. The minimum absolute atomic E-state index is 0.525. The molecule has 11 heteroatoms. The molecule has 0 aromatic rings. The van der Waals surface area contributed by atoms with Gasteiger partial charge in [-0.3, -0.25) is 0 Å². The Morgan fingerprint density at radius 1 is 1.05 bits per heavy atom. The van der Waals surface area contributed by atoms with E-state index in [1.54, 1.807) is 0 Å². The third-order valence-corrected chi connectivity index (χ3v) is 3.73. The van der Waals surface area contributed by atoms with E-state index < -0.39 is 68.3 Å². The Labute approximate surface area is 142 Å². The van der Waals surface area contributed by atoms with Crippen LogP contribution < -0.4 is 21.0 Å². The van der Waals surface area contributed by atoms with Crippen molar-refractivity contribution in [1.82, 2.24) is 0 Å². The number of carbonyl (C=O) groups is 5. The predicted octanol–water partition coefficient (Wildman–Crippen LogP) is -3.67. The number of ether oxygens (including phenoxy) is 3. The van der Waals surface area contributed by atoms with Gasteiger partial charge in [0, 0.05) is 0 Å². The number of carboxylic acids is 1. The normalized spacial score (nSPS) is 15.0. The van der Waals surface area contributed by atoms with Gasteiger partial charge in [0.2, 0.25) is 0 Å². The van der Waals surface area contributed by atoms with E-state index in [9.17, 15) is 24.0 Å². The van der Waals surface area contributed by atoms with Gasteiger partial charge in [0.15, 0.2) is 0 Å². The first-order valence-electron chi connectivity index (χ1n) is 6.08. The average molecular weight is 451 g/mol. The van der Waals surface area contributed by atoms with Crippen molar-refractivity contribution in [2.24, 2.45) is 0 Å². The van der Waals surface area contributed by atoms with E-state index in [0.29, 0.717) is 8.93 Å². The summed E-state index contributed by atoms with van der Waals surface area (Å²) in [5.41, 5.74) is 0. The third kappa shape index (κ3) is 7.06. The van der Waals surface area contributed by atoms with E-state index in [1.807, 2.05) is 0 Å². The number of esters is 3. The number of hydrogen-bond donors (Lipinski definition) is 1. The molecule has 0 aliphatic heterocycles. The predicted molar refractivity (Wildman–Crippen MR) is 68.3 cm³/mol. The Balaban J connectivity index is 5.44. The molecule has 0 heterocycles. The van der Waals surface area contributed by atoms with Crippen LogP contribution >= 0.6 is 8.93 Å². The summed E-state index contributed by atoms with van der Waals surface area (Å²) in [6, 6.07) is 0. The molecular formula is C11H14IO9S-. The molecule has 1 N–H and O–H groups in total. The summed E-state index contributed by atoms with van der Waals surface area (Å²) in [5, 5.41) is 7.84. The van der Waals surface area contributed by atoms with Crippen LogP contribution in [-0.4, -0.2) is 53.0 Å². The molecule has 22 heavy (non-hydrogen) atoms. The van der Waals surface area contributed by atoms with Crippen LogP contribution in [0.25, 0.3) is 0 Å². The van der Waals surface area contributed by atoms with Crippen molar-refractivity contribution < 1.29 is 64.3 Å². The summed E-state index contributed by atoms with van der Waals surface area (Å²) in [7, 11) is 0.525. The van der Waals surface area contributed by atoms with Crippen molar-refractivity contribution in [3.8, 4) is 0 Å². The van der Waals surface area contributed by atoms with Crippen molar-refractivity contribution in [3.63, 3.8) is 0 Å². The second-order valence-corrected chi connectivity index (χ2v) is 5.75. The van der Waals surface area contributed by atoms with E-state index in [2.05, 4.69) is 9.47 Å². The first-order valence-corrected chi connectivity index (χ1v) is 9.06. The molecule has 3 atom stereocenters. The topological polar surface area (TPSA) is 133 Å². The van der Waals surface area contributed by atoms with Gasteiger partial charge in [0.1, 0.15) is 0 Å². The maximum atomic E-state index is 12.0. The second kappa shape index (κ2) is 9.61. The Bertz CT molecular complexity index is 498. The van der Waals surface area contributed by atoms with Crippen molar-refractivity contribution in [2.75, 3.05) is 0 Å². The van der Waals surface area contributed by atoms with Gasteiger partial charge in [-0.25, -0.2) is 0 Å². The zero-order valence-corrected chi connectivity index (χ0v) is 14.7. The summed E-state index contributed by atoms with van der Waals surface area (Å²) in [4.78, 5) is 56.8. The Kier molecular flexibility index (Phi) is 8.16. The van der Waals surface area contributed by atoms with Gasteiger partial charge in [0.05, 0.1) is 0 Å². The number of rotatable bonds is 8. The fourth-order valence-electron chi connectivity index (χ4n) is 1.16. The number of carbonyl (C=O) groups excluding carboxylic acids is 4. The van der Waals surface area contributed by atoms with Gasteiger partial charge < -0.3 is 0 Å². The van der Waals surface area contributed by atoms with Crippen LogP contribution in [0.3, 0.4) is 0 Å². The zero-order valence-electron chi connectivity index (χ0n) is 12.7.